The third kappa shape index (κ3) is 3.16. The highest BCUT2D eigenvalue weighted by Crippen LogP contribution is 2.47. The van der Waals surface area contributed by atoms with Crippen molar-refractivity contribution < 1.29 is 18.4 Å². The first kappa shape index (κ1) is 19.7. The molecule has 30 heavy (non-hydrogen) atoms. The molecule has 3 saturated heterocycles. The summed E-state index contributed by atoms with van der Waals surface area (Å²) in [5.41, 5.74) is -3.53. The van der Waals surface area contributed by atoms with Gasteiger partial charge in [-0.05, 0) is 50.1 Å². The van der Waals surface area contributed by atoms with Crippen LogP contribution in [0.1, 0.15) is 23.2 Å². The molecule has 1 aliphatic carbocycles. The second-order valence-electron chi connectivity index (χ2n) is 9.39. The van der Waals surface area contributed by atoms with E-state index < -0.39 is 29.7 Å². The normalized spacial score (nSPS) is 32.1. The largest absolute Gasteiger partial charge is 0.369 e. The Labute approximate surface area is 175 Å². The van der Waals surface area contributed by atoms with Gasteiger partial charge in [0.2, 0.25) is 5.67 Å². The number of rotatable bonds is 4. The van der Waals surface area contributed by atoms with E-state index in [-0.39, 0.29) is 13.1 Å². The quantitative estimate of drug-likeness (QED) is 0.745. The third-order valence-electron chi connectivity index (χ3n) is 7.07. The molecular formula is C22H28F2N4O2. The number of fused-ring (bicyclic) bond motifs is 1. The van der Waals surface area contributed by atoms with Crippen molar-refractivity contribution in [2.24, 2.45) is 5.92 Å². The van der Waals surface area contributed by atoms with Crippen molar-refractivity contribution in [3.8, 4) is 0 Å². The number of hydrogen-bond acceptors (Lipinski definition) is 4. The lowest BCUT2D eigenvalue weighted by molar-refractivity contribution is -0.139. The molecule has 4 aliphatic rings. The fourth-order valence-electron chi connectivity index (χ4n) is 4.91. The van der Waals surface area contributed by atoms with Gasteiger partial charge in [0.15, 0.2) is 5.67 Å². The van der Waals surface area contributed by atoms with Crippen LogP contribution in [0, 0.1) is 5.92 Å². The molecule has 8 heteroatoms. The fraction of sp³-hybridized carbons (Fsp3) is 0.636. The molecule has 0 N–H and O–H groups in total. The predicted octanol–water partition coefficient (Wildman–Crippen LogP) is 1.56. The van der Waals surface area contributed by atoms with E-state index in [9.17, 15) is 9.59 Å². The number of benzene rings is 1. The molecule has 0 aromatic heterocycles. The van der Waals surface area contributed by atoms with Crippen LogP contribution in [0.3, 0.4) is 0 Å². The second kappa shape index (κ2) is 6.90. The summed E-state index contributed by atoms with van der Waals surface area (Å²) in [4.78, 5) is 32.5. The molecule has 1 aromatic rings. The van der Waals surface area contributed by atoms with E-state index in [1.54, 1.807) is 12.1 Å². The number of anilines is 1. The summed E-state index contributed by atoms with van der Waals surface area (Å²) in [6.45, 7) is 3.09. The van der Waals surface area contributed by atoms with Crippen molar-refractivity contribution in [1.29, 1.82) is 0 Å². The van der Waals surface area contributed by atoms with Crippen LogP contribution in [0.25, 0.3) is 0 Å². The lowest BCUT2D eigenvalue weighted by atomic mass is 9.93. The minimum absolute atomic E-state index is 0.259. The smallest absolute Gasteiger partial charge is 0.265 e. The monoisotopic (exact) mass is 418 g/mol. The van der Waals surface area contributed by atoms with Crippen LogP contribution >= 0.6 is 0 Å². The Morgan fingerprint density at radius 3 is 2.30 bits per heavy atom. The lowest BCUT2D eigenvalue weighted by Gasteiger charge is -2.34. The van der Waals surface area contributed by atoms with Crippen molar-refractivity contribution in [2.45, 2.75) is 24.2 Å². The molecule has 1 aromatic carbocycles. The molecule has 3 heterocycles. The molecule has 0 radical (unpaired) electrons. The van der Waals surface area contributed by atoms with Crippen LogP contribution in [-0.2, 0) is 4.79 Å². The van der Waals surface area contributed by atoms with Gasteiger partial charge >= 0.3 is 0 Å². The Bertz CT molecular complexity index is 853. The topological polar surface area (TPSA) is 47.1 Å². The standard InChI is InChI=1S/C22H28F2N4O2/c1-25-8-10-26(11-9-25)18-6-4-17(5-7-18)19(29)28-14-21(23)13-27(12-16-2-3-16)20(30)22(21,24)15-28/h4-7,16H,2-3,8-15H2,1H3/t21-,22-/m0/s1. The van der Waals surface area contributed by atoms with Gasteiger partial charge in [0.05, 0.1) is 19.6 Å². The number of piperazine rings is 1. The summed E-state index contributed by atoms with van der Waals surface area (Å²) < 4.78 is 31.0. The maximum absolute atomic E-state index is 15.5. The summed E-state index contributed by atoms with van der Waals surface area (Å²) in [5.74, 6) is -0.848. The first-order chi connectivity index (χ1) is 14.3. The third-order valence-corrected chi connectivity index (χ3v) is 7.07. The van der Waals surface area contributed by atoms with Crippen molar-refractivity contribution in [2.75, 3.05) is 64.3 Å². The van der Waals surface area contributed by atoms with Crippen LogP contribution in [0.2, 0.25) is 0 Å². The van der Waals surface area contributed by atoms with Gasteiger partial charge in [0.1, 0.15) is 0 Å². The number of likely N-dealkylation sites (N-methyl/N-ethyl adjacent to an activating group) is 1. The van der Waals surface area contributed by atoms with Crippen molar-refractivity contribution >= 4 is 17.5 Å². The van der Waals surface area contributed by atoms with E-state index in [1.165, 1.54) is 4.90 Å². The van der Waals surface area contributed by atoms with Crippen molar-refractivity contribution in [3.05, 3.63) is 29.8 Å². The average molecular weight is 418 g/mol. The number of nitrogens with zero attached hydrogens (tertiary/aromatic N) is 4. The van der Waals surface area contributed by atoms with Gasteiger partial charge in [0, 0.05) is 44.0 Å². The minimum atomic E-state index is -2.63. The SMILES string of the molecule is CN1CCN(c2ccc(C(=O)N3C[C@@]4(F)CN(CC5CC5)C(=O)[C@@]4(F)C3)cc2)CC1. The molecule has 5 rings (SSSR count). The van der Waals surface area contributed by atoms with Gasteiger partial charge in [-0.15, -0.1) is 0 Å². The van der Waals surface area contributed by atoms with E-state index in [4.69, 9.17) is 0 Å². The van der Waals surface area contributed by atoms with Gasteiger partial charge in [-0.3, -0.25) is 9.59 Å². The minimum Gasteiger partial charge on any atom is -0.369 e. The van der Waals surface area contributed by atoms with Gasteiger partial charge in [-0.1, -0.05) is 0 Å². The molecule has 2 amide bonds. The number of hydrogen-bond donors (Lipinski definition) is 0. The van der Waals surface area contributed by atoms with E-state index in [0.29, 0.717) is 18.0 Å². The van der Waals surface area contributed by atoms with E-state index in [0.717, 1.165) is 49.6 Å². The van der Waals surface area contributed by atoms with Gasteiger partial charge in [-0.2, -0.15) is 0 Å². The Hall–Kier alpha value is -2.22. The molecule has 162 valence electrons. The summed E-state index contributed by atoms with van der Waals surface area (Å²) in [6, 6.07) is 7.19. The van der Waals surface area contributed by atoms with Crippen LogP contribution in [0.5, 0.6) is 0 Å². The van der Waals surface area contributed by atoms with E-state index in [2.05, 4.69) is 16.8 Å². The Balaban J connectivity index is 1.27. The van der Waals surface area contributed by atoms with Gasteiger partial charge < -0.3 is 19.6 Å². The summed E-state index contributed by atoms with van der Waals surface area (Å²) >= 11 is 0. The Kier molecular flexibility index (Phi) is 4.54. The van der Waals surface area contributed by atoms with Crippen LogP contribution in [-0.4, -0.2) is 97.3 Å². The Morgan fingerprint density at radius 2 is 1.70 bits per heavy atom. The van der Waals surface area contributed by atoms with Gasteiger partial charge in [0.25, 0.3) is 11.8 Å². The average Bonchev–Trinajstić information content (AvgIpc) is 3.48. The first-order valence-electron chi connectivity index (χ1n) is 10.8. The number of carbonyl (C=O) groups is 2. The second-order valence-corrected chi connectivity index (χ2v) is 9.39. The summed E-state index contributed by atoms with van der Waals surface area (Å²) in [7, 11) is 2.09. The number of amides is 2. The maximum atomic E-state index is 15.5. The number of halogens is 2. The zero-order valence-corrected chi connectivity index (χ0v) is 17.3. The first-order valence-corrected chi connectivity index (χ1v) is 10.8. The lowest BCUT2D eigenvalue weighted by Crippen LogP contribution is -2.47. The fourth-order valence-corrected chi connectivity index (χ4v) is 4.91. The molecule has 4 fully saturated rings. The molecule has 0 bridgehead atoms. The van der Waals surface area contributed by atoms with Crippen LogP contribution in [0.15, 0.2) is 24.3 Å². The number of alkyl halides is 2. The van der Waals surface area contributed by atoms with Crippen LogP contribution < -0.4 is 4.90 Å². The number of carbonyl (C=O) groups excluding carboxylic acids is 2. The highest BCUT2D eigenvalue weighted by Gasteiger charge is 2.71. The van der Waals surface area contributed by atoms with Crippen molar-refractivity contribution in [1.82, 2.24) is 14.7 Å². The highest BCUT2D eigenvalue weighted by molar-refractivity contribution is 5.97. The van der Waals surface area contributed by atoms with Crippen molar-refractivity contribution in [3.63, 3.8) is 0 Å². The summed E-state index contributed by atoms with van der Waals surface area (Å²) in [5, 5.41) is 0. The van der Waals surface area contributed by atoms with E-state index >= 15 is 8.78 Å². The highest BCUT2D eigenvalue weighted by atomic mass is 19.2. The summed E-state index contributed by atoms with van der Waals surface area (Å²) in [6.07, 6.45) is 2.02. The van der Waals surface area contributed by atoms with Crippen LogP contribution in [0.4, 0.5) is 14.5 Å². The molecule has 6 nitrogen and oxygen atoms in total. The van der Waals surface area contributed by atoms with E-state index in [1.807, 2.05) is 12.1 Å². The van der Waals surface area contributed by atoms with Gasteiger partial charge in [-0.25, -0.2) is 8.78 Å². The number of likely N-dealkylation sites (tertiary alicyclic amines) is 2. The Morgan fingerprint density at radius 1 is 1.03 bits per heavy atom. The molecule has 1 saturated carbocycles. The predicted molar refractivity (Wildman–Crippen MR) is 109 cm³/mol. The maximum Gasteiger partial charge on any atom is 0.265 e. The molecule has 3 aliphatic heterocycles. The zero-order chi connectivity index (χ0) is 21.1. The molecule has 2 atom stereocenters. The molecule has 0 unspecified atom stereocenters. The zero-order valence-electron chi connectivity index (χ0n) is 17.3. The molecule has 0 spiro atoms. The molecular weight excluding hydrogens is 390 g/mol.